The summed E-state index contributed by atoms with van der Waals surface area (Å²) in [7, 11) is 0. The normalized spacial score (nSPS) is 14.5. The maximum absolute atomic E-state index is 10.5. The Labute approximate surface area is 124 Å². The fourth-order valence-corrected chi connectivity index (χ4v) is 2.68. The van der Waals surface area contributed by atoms with E-state index in [2.05, 4.69) is 41.3 Å². The smallest absolute Gasteiger partial charge is 0.328 e. The Morgan fingerprint density at radius 2 is 1.67 bits per heavy atom. The Kier molecular flexibility index (Phi) is 3.84. The third-order valence-corrected chi connectivity index (χ3v) is 3.71. The second kappa shape index (κ2) is 5.94. The summed E-state index contributed by atoms with van der Waals surface area (Å²) in [6, 6.07) is 16.6. The third kappa shape index (κ3) is 3.38. The molecule has 0 amide bonds. The largest absolute Gasteiger partial charge is 0.478 e. The summed E-state index contributed by atoms with van der Waals surface area (Å²) in [6.07, 6.45) is 2.77. The van der Waals surface area contributed by atoms with Crippen LogP contribution in [-0.2, 0) is 24.4 Å². The predicted octanol–water partition coefficient (Wildman–Crippen LogP) is 3.30. The fourth-order valence-electron chi connectivity index (χ4n) is 2.68. The van der Waals surface area contributed by atoms with E-state index < -0.39 is 5.97 Å². The minimum Gasteiger partial charge on any atom is -0.478 e. The van der Waals surface area contributed by atoms with Crippen LogP contribution in [0.25, 0.3) is 6.08 Å². The molecule has 1 aliphatic heterocycles. The average molecular weight is 279 g/mol. The first-order valence-electron chi connectivity index (χ1n) is 7.00. The van der Waals surface area contributed by atoms with Crippen molar-refractivity contribution in [2.45, 2.75) is 19.6 Å². The van der Waals surface area contributed by atoms with E-state index in [1.807, 2.05) is 12.1 Å². The van der Waals surface area contributed by atoms with Gasteiger partial charge in [-0.2, -0.15) is 0 Å². The summed E-state index contributed by atoms with van der Waals surface area (Å²) in [4.78, 5) is 12.9. The van der Waals surface area contributed by atoms with Gasteiger partial charge in [0.25, 0.3) is 0 Å². The summed E-state index contributed by atoms with van der Waals surface area (Å²) in [5.41, 5.74) is 4.98. The van der Waals surface area contributed by atoms with Crippen molar-refractivity contribution >= 4 is 12.0 Å². The first kappa shape index (κ1) is 13.6. The third-order valence-electron chi connectivity index (χ3n) is 3.71. The van der Waals surface area contributed by atoms with Crippen LogP contribution in [-0.4, -0.2) is 16.0 Å². The summed E-state index contributed by atoms with van der Waals surface area (Å²) in [5.74, 6) is -0.922. The second-order valence-electron chi connectivity index (χ2n) is 5.33. The minimum absolute atomic E-state index is 0.908. The van der Waals surface area contributed by atoms with Crippen LogP contribution in [0.15, 0.2) is 54.6 Å². The Balaban J connectivity index is 1.63. The van der Waals surface area contributed by atoms with Crippen molar-refractivity contribution in [1.29, 1.82) is 0 Å². The number of hydrogen-bond acceptors (Lipinski definition) is 2. The molecule has 0 atom stereocenters. The van der Waals surface area contributed by atoms with Crippen LogP contribution in [0.5, 0.6) is 0 Å². The molecule has 2 aromatic carbocycles. The van der Waals surface area contributed by atoms with Gasteiger partial charge in [-0.05, 0) is 28.3 Å². The molecule has 106 valence electrons. The number of carboxylic acids is 1. The molecule has 1 N–H and O–H groups in total. The molecule has 3 rings (SSSR count). The number of aliphatic carboxylic acids is 1. The highest BCUT2D eigenvalue weighted by Crippen LogP contribution is 2.23. The topological polar surface area (TPSA) is 40.5 Å². The van der Waals surface area contributed by atoms with Crippen molar-refractivity contribution in [1.82, 2.24) is 4.90 Å². The molecule has 0 fully saturated rings. The highest BCUT2D eigenvalue weighted by Gasteiger charge is 2.17. The zero-order valence-corrected chi connectivity index (χ0v) is 11.7. The van der Waals surface area contributed by atoms with E-state index in [9.17, 15) is 4.79 Å². The van der Waals surface area contributed by atoms with E-state index in [1.54, 1.807) is 6.08 Å². The molecule has 2 aromatic rings. The van der Waals surface area contributed by atoms with Crippen molar-refractivity contribution in [2.24, 2.45) is 0 Å². The van der Waals surface area contributed by atoms with E-state index in [0.717, 1.165) is 31.3 Å². The molecule has 0 aromatic heterocycles. The standard InChI is InChI=1S/C18H17NO2/c20-18(21)10-9-14-5-7-15(8-6-14)11-19-12-16-3-1-2-4-17(16)13-19/h1-10H,11-13H2,(H,20,21). The highest BCUT2D eigenvalue weighted by molar-refractivity contribution is 5.85. The Morgan fingerprint density at radius 3 is 2.24 bits per heavy atom. The van der Waals surface area contributed by atoms with Gasteiger partial charge in [-0.25, -0.2) is 4.79 Å². The van der Waals surface area contributed by atoms with Crippen molar-refractivity contribution in [3.8, 4) is 0 Å². The van der Waals surface area contributed by atoms with Crippen LogP contribution in [0.4, 0.5) is 0 Å². The number of benzene rings is 2. The SMILES string of the molecule is O=C(O)C=Cc1ccc(CN2Cc3ccccc3C2)cc1. The van der Waals surface area contributed by atoms with Crippen molar-refractivity contribution in [3.63, 3.8) is 0 Å². The quantitative estimate of drug-likeness (QED) is 0.873. The van der Waals surface area contributed by atoms with Crippen LogP contribution in [0.3, 0.4) is 0 Å². The monoisotopic (exact) mass is 279 g/mol. The van der Waals surface area contributed by atoms with Crippen molar-refractivity contribution in [2.75, 3.05) is 0 Å². The van der Waals surface area contributed by atoms with Gasteiger partial charge in [0.15, 0.2) is 0 Å². The molecule has 0 saturated heterocycles. The average Bonchev–Trinajstić information content (AvgIpc) is 2.88. The van der Waals surface area contributed by atoms with Gasteiger partial charge in [0.05, 0.1) is 0 Å². The molecule has 0 aliphatic carbocycles. The van der Waals surface area contributed by atoms with Crippen molar-refractivity contribution in [3.05, 3.63) is 76.9 Å². The van der Waals surface area contributed by atoms with Gasteiger partial charge in [0.2, 0.25) is 0 Å². The second-order valence-corrected chi connectivity index (χ2v) is 5.33. The molecular weight excluding hydrogens is 262 g/mol. The van der Waals surface area contributed by atoms with Gasteiger partial charge in [0.1, 0.15) is 0 Å². The lowest BCUT2D eigenvalue weighted by atomic mass is 10.1. The van der Waals surface area contributed by atoms with E-state index in [-0.39, 0.29) is 0 Å². The highest BCUT2D eigenvalue weighted by atomic mass is 16.4. The van der Waals surface area contributed by atoms with Crippen LogP contribution in [0, 0.1) is 0 Å². The molecule has 0 radical (unpaired) electrons. The fraction of sp³-hybridized carbons (Fsp3) is 0.167. The van der Waals surface area contributed by atoms with E-state index in [4.69, 9.17) is 5.11 Å². The van der Waals surface area contributed by atoms with E-state index in [1.165, 1.54) is 16.7 Å². The lowest BCUT2D eigenvalue weighted by molar-refractivity contribution is -0.131. The first-order chi connectivity index (χ1) is 10.2. The minimum atomic E-state index is -0.922. The van der Waals surface area contributed by atoms with Crippen LogP contribution < -0.4 is 0 Å². The molecule has 3 nitrogen and oxygen atoms in total. The molecule has 0 bridgehead atoms. The summed E-state index contributed by atoms with van der Waals surface area (Å²) in [5, 5.41) is 8.61. The number of hydrogen-bond donors (Lipinski definition) is 1. The van der Waals surface area contributed by atoms with Gasteiger partial charge in [-0.15, -0.1) is 0 Å². The molecule has 21 heavy (non-hydrogen) atoms. The molecular formula is C18H17NO2. The number of rotatable bonds is 4. The van der Waals surface area contributed by atoms with E-state index >= 15 is 0 Å². The lowest BCUT2D eigenvalue weighted by Crippen LogP contribution is -2.15. The summed E-state index contributed by atoms with van der Waals surface area (Å²) >= 11 is 0. The van der Waals surface area contributed by atoms with Gasteiger partial charge >= 0.3 is 5.97 Å². The number of nitrogens with zero attached hydrogens (tertiary/aromatic N) is 1. The Bertz CT molecular complexity index is 649. The number of carboxylic acid groups (broad SMARTS) is 1. The molecule has 1 heterocycles. The number of carbonyl (C=O) groups is 1. The van der Waals surface area contributed by atoms with Gasteiger partial charge in [-0.3, -0.25) is 4.90 Å². The molecule has 0 spiro atoms. The van der Waals surface area contributed by atoms with Gasteiger partial charge < -0.3 is 5.11 Å². The van der Waals surface area contributed by atoms with Gasteiger partial charge in [-0.1, -0.05) is 48.5 Å². The maximum Gasteiger partial charge on any atom is 0.328 e. The molecule has 1 aliphatic rings. The molecule has 3 heteroatoms. The first-order valence-corrected chi connectivity index (χ1v) is 7.00. The summed E-state index contributed by atoms with van der Waals surface area (Å²) < 4.78 is 0. The predicted molar refractivity (Wildman–Crippen MR) is 82.5 cm³/mol. The molecule has 0 unspecified atom stereocenters. The van der Waals surface area contributed by atoms with Gasteiger partial charge in [0, 0.05) is 25.7 Å². The maximum atomic E-state index is 10.5. The summed E-state index contributed by atoms with van der Waals surface area (Å²) in [6.45, 7) is 2.91. The van der Waals surface area contributed by atoms with Crippen LogP contribution in [0.1, 0.15) is 22.3 Å². The zero-order chi connectivity index (χ0) is 14.7. The Hall–Kier alpha value is -2.39. The Morgan fingerprint density at radius 1 is 1.05 bits per heavy atom. The number of fused-ring (bicyclic) bond motifs is 1. The van der Waals surface area contributed by atoms with E-state index in [0.29, 0.717) is 0 Å². The zero-order valence-electron chi connectivity index (χ0n) is 11.7. The van der Waals surface area contributed by atoms with Crippen LogP contribution >= 0.6 is 0 Å². The lowest BCUT2D eigenvalue weighted by Gasteiger charge is -2.14. The molecule has 0 saturated carbocycles. The van der Waals surface area contributed by atoms with Crippen molar-refractivity contribution < 1.29 is 9.90 Å². The van der Waals surface area contributed by atoms with Crippen LogP contribution in [0.2, 0.25) is 0 Å².